The van der Waals surface area contributed by atoms with E-state index in [4.69, 9.17) is 11.6 Å². The number of nitrogens with one attached hydrogen (secondary N) is 1. The zero-order valence-electron chi connectivity index (χ0n) is 23.5. The molecule has 0 spiro atoms. The zero-order chi connectivity index (χ0) is 29.8. The normalized spacial score (nSPS) is 12.5. The molecule has 0 saturated heterocycles. The minimum atomic E-state index is -4.17. The van der Waals surface area contributed by atoms with Gasteiger partial charge in [0.15, 0.2) is 0 Å². The van der Waals surface area contributed by atoms with Gasteiger partial charge in [0.25, 0.3) is 10.0 Å². The second-order valence-electron chi connectivity index (χ2n) is 10.8. The van der Waals surface area contributed by atoms with Gasteiger partial charge in [-0.15, -0.1) is 0 Å². The first-order valence-corrected chi connectivity index (χ1v) is 15.4. The van der Waals surface area contributed by atoms with Gasteiger partial charge in [0.05, 0.1) is 10.6 Å². The molecule has 3 rings (SSSR count). The predicted molar refractivity (Wildman–Crippen MR) is 164 cm³/mol. The van der Waals surface area contributed by atoms with E-state index in [1.165, 1.54) is 17.0 Å². The van der Waals surface area contributed by atoms with E-state index in [1.807, 2.05) is 52.0 Å². The number of carbonyl (C=O) groups excluding carboxylic acids is 2. The molecule has 214 valence electrons. The van der Waals surface area contributed by atoms with Crippen LogP contribution in [-0.4, -0.2) is 43.3 Å². The van der Waals surface area contributed by atoms with Gasteiger partial charge in [0.1, 0.15) is 12.6 Å². The summed E-state index contributed by atoms with van der Waals surface area (Å²) in [5.74, 6) is -0.876. The second kappa shape index (κ2) is 12.7. The van der Waals surface area contributed by atoms with Crippen LogP contribution in [0.1, 0.15) is 44.4 Å². The maximum atomic E-state index is 14.0. The van der Waals surface area contributed by atoms with Gasteiger partial charge in [-0.05, 0) is 89.1 Å². The summed E-state index contributed by atoms with van der Waals surface area (Å²) in [5.41, 5.74) is 1.98. The number of aryl methyl sites for hydroxylation is 1. The van der Waals surface area contributed by atoms with Gasteiger partial charge < -0.3 is 10.2 Å². The summed E-state index contributed by atoms with van der Waals surface area (Å²) in [6.07, 6.45) is 0. The highest BCUT2D eigenvalue weighted by atomic mass is 79.9. The molecule has 3 aromatic carbocycles. The minimum Gasteiger partial charge on any atom is -0.350 e. The molecule has 0 fully saturated rings. The molecule has 0 aliphatic heterocycles. The smallest absolute Gasteiger partial charge is 0.264 e. The molecule has 7 nitrogen and oxygen atoms in total. The van der Waals surface area contributed by atoms with Gasteiger partial charge in [-0.2, -0.15) is 0 Å². The van der Waals surface area contributed by atoms with Crippen molar-refractivity contribution in [3.63, 3.8) is 0 Å². The third-order valence-corrected chi connectivity index (χ3v) is 9.04. The minimum absolute atomic E-state index is 0.0447. The molecule has 1 N–H and O–H groups in total. The Kier molecular flexibility index (Phi) is 10.1. The number of anilines is 1. The molecule has 40 heavy (non-hydrogen) atoms. The Morgan fingerprint density at radius 2 is 1.57 bits per heavy atom. The van der Waals surface area contributed by atoms with Gasteiger partial charge in [-0.25, -0.2) is 8.42 Å². The molecule has 0 aromatic heterocycles. The molecule has 0 unspecified atom stereocenters. The Labute approximate surface area is 250 Å². The summed E-state index contributed by atoms with van der Waals surface area (Å²) in [4.78, 5) is 28.7. The van der Waals surface area contributed by atoms with Crippen LogP contribution >= 0.6 is 27.5 Å². The van der Waals surface area contributed by atoms with Gasteiger partial charge in [0, 0.05) is 21.6 Å². The summed E-state index contributed by atoms with van der Waals surface area (Å²) in [6.45, 7) is 10.4. The molecular formula is C30H35BrClN3O4S. The fraction of sp³-hybridized carbons (Fsp3) is 0.333. The lowest BCUT2D eigenvalue weighted by molar-refractivity contribution is -0.140. The highest BCUT2D eigenvalue weighted by Crippen LogP contribution is 2.31. The summed E-state index contributed by atoms with van der Waals surface area (Å²) in [7, 11) is -4.17. The Bertz CT molecular complexity index is 1470. The topological polar surface area (TPSA) is 86.8 Å². The lowest BCUT2D eigenvalue weighted by atomic mass is 10.1. The van der Waals surface area contributed by atoms with Crippen molar-refractivity contribution in [2.75, 3.05) is 10.8 Å². The number of sulfonamides is 1. The predicted octanol–water partition coefficient (Wildman–Crippen LogP) is 6.25. The van der Waals surface area contributed by atoms with Gasteiger partial charge in [-0.3, -0.25) is 13.9 Å². The third-order valence-electron chi connectivity index (χ3n) is 6.33. The van der Waals surface area contributed by atoms with Crippen LogP contribution < -0.4 is 9.62 Å². The van der Waals surface area contributed by atoms with Crippen LogP contribution in [0.4, 0.5) is 5.69 Å². The monoisotopic (exact) mass is 647 g/mol. The highest BCUT2D eigenvalue weighted by molar-refractivity contribution is 9.10. The lowest BCUT2D eigenvalue weighted by Crippen LogP contribution is -2.54. The zero-order valence-corrected chi connectivity index (χ0v) is 26.7. The quantitative estimate of drug-likeness (QED) is 0.297. The summed E-state index contributed by atoms with van der Waals surface area (Å²) in [5, 5.41) is 3.30. The van der Waals surface area contributed by atoms with E-state index in [1.54, 1.807) is 44.2 Å². The van der Waals surface area contributed by atoms with Gasteiger partial charge in [-0.1, -0.05) is 63.4 Å². The molecule has 3 aromatic rings. The van der Waals surface area contributed by atoms with E-state index in [9.17, 15) is 18.0 Å². The van der Waals surface area contributed by atoms with Crippen molar-refractivity contribution in [3.05, 3.63) is 92.9 Å². The molecule has 2 amide bonds. The second-order valence-corrected chi connectivity index (χ2v) is 14.0. The van der Waals surface area contributed by atoms with Crippen molar-refractivity contribution >= 4 is 55.1 Å². The van der Waals surface area contributed by atoms with Crippen LogP contribution in [0.15, 0.2) is 76.1 Å². The van der Waals surface area contributed by atoms with E-state index >= 15 is 0 Å². The maximum absolute atomic E-state index is 14.0. The number of hydrogen-bond acceptors (Lipinski definition) is 4. The Morgan fingerprint density at radius 3 is 2.15 bits per heavy atom. The van der Waals surface area contributed by atoms with Crippen LogP contribution in [0, 0.1) is 13.8 Å². The molecular weight excluding hydrogens is 614 g/mol. The van der Waals surface area contributed by atoms with Crippen molar-refractivity contribution in [1.82, 2.24) is 10.2 Å². The van der Waals surface area contributed by atoms with Crippen molar-refractivity contribution in [2.45, 2.75) is 64.6 Å². The molecule has 1 atom stereocenters. The van der Waals surface area contributed by atoms with E-state index in [0.29, 0.717) is 10.6 Å². The number of carbonyl (C=O) groups is 2. The molecule has 0 bridgehead atoms. The van der Waals surface area contributed by atoms with Gasteiger partial charge in [0.2, 0.25) is 11.8 Å². The lowest BCUT2D eigenvalue weighted by Gasteiger charge is -2.34. The average molecular weight is 649 g/mol. The van der Waals surface area contributed by atoms with Crippen LogP contribution in [0.2, 0.25) is 5.02 Å². The number of amides is 2. The summed E-state index contributed by atoms with van der Waals surface area (Å²) >= 11 is 9.79. The first-order chi connectivity index (χ1) is 18.6. The van der Waals surface area contributed by atoms with Crippen molar-refractivity contribution in [3.8, 4) is 0 Å². The van der Waals surface area contributed by atoms with E-state index in [2.05, 4.69) is 21.2 Å². The molecule has 0 aliphatic carbocycles. The highest BCUT2D eigenvalue weighted by Gasteiger charge is 2.34. The number of hydrogen-bond donors (Lipinski definition) is 1. The van der Waals surface area contributed by atoms with Crippen LogP contribution in [0.25, 0.3) is 0 Å². The van der Waals surface area contributed by atoms with Crippen molar-refractivity contribution in [1.29, 1.82) is 0 Å². The Morgan fingerprint density at radius 1 is 0.975 bits per heavy atom. The molecule has 0 aliphatic rings. The number of nitrogens with zero attached hydrogens (tertiary/aromatic N) is 2. The number of halogens is 2. The van der Waals surface area contributed by atoms with Crippen LogP contribution in [0.5, 0.6) is 0 Å². The molecule has 10 heteroatoms. The standard InChI is InChI=1S/C30H35BrClN3O4S/c1-20-10-16-25(17-11-20)40(38,39)35(27-9-7-8-26(32)21(27)2)19-28(36)34(18-23-12-14-24(31)15-13-23)22(3)29(37)33-30(4,5)6/h7-17,22H,18-19H2,1-6H3,(H,33,37)/t22-/m1/s1. The van der Waals surface area contributed by atoms with Crippen LogP contribution in [0.3, 0.4) is 0 Å². The van der Waals surface area contributed by atoms with Crippen molar-refractivity contribution < 1.29 is 18.0 Å². The first-order valence-electron chi connectivity index (χ1n) is 12.8. The van der Waals surface area contributed by atoms with E-state index < -0.39 is 34.1 Å². The average Bonchev–Trinajstić information content (AvgIpc) is 2.87. The van der Waals surface area contributed by atoms with Crippen LogP contribution in [-0.2, 0) is 26.2 Å². The maximum Gasteiger partial charge on any atom is 0.264 e. The fourth-order valence-electron chi connectivity index (χ4n) is 4.06. The number of rotatable bonds is 9. The van der Waals surface area contributed by atoms with E-state index in [-0.39, 0.29) is 23.0 Å². The van der Waals surface area contributed by atoms with Gasteiger partial charge >= 0.3 is 0 Å². The number of benzene rings is 3. The Hall–Kier alpha value is -2.88. The molecule has 0 heterocycles. The first kappa shape index (κ1) is 31.6. The van der Waals surface area contributed by atoms with E-state index in [0.717, 1.165) is 19.9 Å². The largest absolute Gasteiger partial charge is 0.350 e. The molecule has 0 radical (unpaired) electrons. The summed E-state index contributed by atoms with van der Waals surface area (Å²) in [6, 6.07) is 17.9. The van der Waals surface area contributed by atoms with Crippen molar-refractivity contribution in [2.24, 2.45) is 0 Å². The SMILES string of the molecule is Cc1ccc(S(=O)(=O)N(CC(=O)N(Cc2ccc(Br)cc2)[C@H](C)C(=O)NC(C)(C)C)c2cccc(Cl)c2C)cc1. The summed E-state index contributed by atoms with van der Waals surface area (Å²) < 4.78 is 29.9. The molecule has 0 saturated carbocycles. The Balaban J connectivity index is 2.08. The fourth-order valence-corrected chi connectivity index (χ4v) is 5.97. The third kappa shape index (κ3) is 7.86.